The zero-order valence-corrected chi connectivity index (χ0v) is 22.5. The van der Waals surface area contributed by atoms with Crippen molar-refractivity contribution < 1.29 is 57.5 Å². The van der Waals surface area contributed by atoms with Gasteiger partial charge in [-0.15, -0.1) is 0 Å². The van der Waals surface area contributed by atoms with Crippen molar-refractivity contribution in [2.45, 2.75) is 101 Å². The average molecular weight is 593 g/mol. The number of aromatic nitrogens is 2. The fourth-order valence-electron chi connectivity index (χ4n) is 5.30. The Kier molecular flexibility index (Phi) is 10.2. The molecule has 230 valence electrons. The molecule has 0 aromatic carbocycles. The van der Waals surface area contributed by atoms with Gasteiger partial charge in [0.05, 0.1) is 37.1 Å². The van der Waals surface area contributed by atoms with Gasteiger partial charge in [0.15, 0.2) is 11.6 Å². The van der Waals surface area contributed by atoms with E-state index in [9.17, 15) is 32.3 Å². The first kappa shape index (κ1) is 32.1. The first-order valence-corrected chi connectivity index (χ1v) is 13.4. The van der Waals surface area contributed by atoms with E-state index in [2.05, 4.69) is 10.4 Å². The van der Waals surface area contributed by atoms with Gasteiger partial charge in [0.2, 0.25) is 5.91 Å². The van der Waals surface area contributed by atoms with E-state index in [1.165, 1.54) is 0 Å². The van der Waals surface area contributed by atoms with E-state index in [0.29, 0.717) is 37.5 Å². The molecule has 1 aromatic rings. The normalized spacial score (nSPS) is 24.2. The molecular formula is C25H35F3N4O9. The number of alkyl halides is 3. The van der Waals surface area contributed by atoms with Crippen LogP contribution in [-0.2, 0) is 23.9 Å². The number of carbonyl (C=O) groups excluding carboxylic acids is 1. The molecule has 3 aliphatic rings. The number of ether oxygens (including phenoxy) is 1. The Morgan fingerprint density at radius 1 is 1.10 bits per heavy atom. The fourth-order valence-corrected chi connectivity index (χ4v) is 5.30. The largest absolute Gasteiger partial charge is 0.481 e. The van der Waals surface area contributed by atoms with Crippen LogP contribution >= 0.6 is 0 Å². The number of hydrogen-bond donors (Lipinski definition) is 5. The van der Waals surface area contributed by atoms with Crippen molar-refractivity contribution in [3.05, 3.63) is 11.8 Å². The summed E-state index contributed by atoms with van der Waals surface area (Å²) in [6.45, 7) is 3.19. The summed E-state index contributed by atoms with van der Waals surface area (Å²) in [5, 5.41) is 41.3. The van der Waals surface area contributed by atoms with Gasteiger partial charge < -0.3 is 35.4 Å². The minimum absolute atomic E-state index is 0.00661. The zero-order chi connectivity index (χ0) is 30.5. The molecule has 2 fully saturated rings. The van der Waals surface area contributed by atoms with Crippen molar-refractivity contribution in [3.63, 3.8) is 0 Å². The van der Waals surface area contributed by atoms with Gasteiger partial charge in [-0.05, 0) is 38.5 Å². The number of anilines is 1. The lowest BCUT2D eigenvalue weighted by Crippen LogP contribution is -2.42. The summed E-state index contributed by atoms with van der Waals surface area (Å²) in [4.78, 5) is 45.0. The number of rotatable bonds is 9. The van der Waals surface area contributed by atoms with E-state index in [-0.39, 0.29) is 30.5 Å². The van der Waals surface area contributed by atoms with Crippen molar-refractivity contribution in [1.29, 1.82) is 0 Å². The Morgan fingerprint density at radius 3 is 2.27 bits per heavy atom. The number of halogens is 3. The van der Waals surface area contributed by atoms with Crippen LogP contribution in [0.4, 0.5) is 19.0 Å². The smallest absolute Gasteiger partial charge is 0.410 e. The Labute approximate surface area is 233 Å². The molecule has 1 amide bonds. The monoisotopic (exact) mass is 592 g/mol. The van der Waals surface area contributed by atoms with Crippen LogP contribution in [0.15, 0.2) is 6.07 Å². The average Bonchev–Trinajstić information content (AvgIpc) is 3.62. The number of aliphatic carboxylic acids is 3. The number of nitrogens with one attached hydrogen (secondary N) is 1. The summed E-state index contributed by atoms with van der Waals surface area (Å²) in [6.07, 6.45) is -2.34. The van der Waals surface area contributed by atoms with E-state index in [1.807, 2.05) is 6.92 Å². The minimum atomic E-state index is -4.35. The van der Waals surface area contributed by atoms with Crippen LogP contribution in [-0.4, -0.2) is 96.0 Å². The maximum absolute atomic E-state index is 13.6. The van der Waals surface area contributed by atoms with Crippen LogP contribution in [0.1, 0.15) is 82.5 Å². The highest BCUT2D eigenvalue weighted by Gasteiger charge is 2.47. The van der Waals surface area contributed by atoms with Gasteiger partial charge in [0.25, 0.3) is 0 Å². The second-order valence-corrected chi connectivity index (χ2v) is 10.5. The van der Waals surface area contributed by atoms with E-state index in [1.54, 1.807) is 11.0 Å². The highest BCUT2D eigenvalue weighted by Crippen LogP contribution is 2.42. The van der Waals surface area contributed by atoms with Crippen LogP contribution in [0.5, 0.6) is 0 Å². The summed E-state index contributed by atoms with van der Waals surface area (Å²) < 4.78 is 47.4. The number of aliphatic hydroxyl groups is 1. The molecule has 1 aromatic heterocycles. The number of fused-ring (bicyclic) bond motifs is 1. The second kappa shape index (κ2) is 13.1. The molecule has 4 heterocycles. The standard InChI is InChI=1S/C19H27F3N4O2.C6H8O7/c1-2-12-9-16(19(20,21)22)26-17(23-12)11-14(24-26)15-6-3-7-25(15)18(27)10-13-5-4-8-28-13;7-3(8)1-6(13,5(11)12)2-4(9)10/h11-13,15-16,23H,2-10H2,1H3;13H,1-2H2,(H,7,8)(H,9,10)(H,11,12)/t12-,13?,15?,16-;/m1./s1. The third-order valence-corrected chi connectivity index (χ3v) is 7.41. The molecule has 0 aliphatic carbocycles. The molecule has 41 heavy (non-hydrogen) atoms. The number of carbonyl (C=O) groups is 4. The van der Waals surface area contributed by atoms with Gasteiger partial charge >= 0.3 is 24.1 Å². The Hall–Kier alpha value is -3.40. The number of hydrogen-bond acceptors (Lipinski definition) is 8. The lowest BCUT2D eigenvalue weighted by molar-refractivity contribution is -0.173. The maximum atomic E-state index is 13.6. The summed E-state index contributed by atoms with van der Waals surface area (Å²) >= 11 is 0. The number of carboxylic acid groups (broad SMARTS) is 3. The predicted molar refractivity (Wildman–Crippen MR) is 134 cm³/mol. The summed E-state index contributed by atoms with van der Waals surface area (Å²) in [5.41, 5.74) is -2.19. The predicted octanol–water partition coefficient (Wildman–Crippen LogP) is 2.56. The molecule has 0 saturated carbocycles. The van der Waals surface area contributed by atoms with E-state index < -0.39 is 48.6 Å². The van der Waals surface area contributed by atoms with Crippen LogP contribution < -0.4 is 5.32 Å². The number of carboxylic acids is 3. The van der Waals surface area contributed by atoms with Crippen molar-refractivity contribution in [2.24, 2.45) is 0 Å². The molecule has 16 heteroatoms. The number of nitrogens with zero attached hydrogens (tertiary/aromatic N) is 3. The topological polar surface area (TPSA) is 192 Å². The van der Waals surface area contributed by atoms with Crippen LogP contribution in [0.3, 0.4) is 0 Å². The van der Waals surface area contributed by atoms with Gasteiger partial charge in [0.1, 0.15) is 5.82 Å². The quantitative estimate of drug-likeness (QED) is 0.283. The summed E-state index contributed by atoms with van der Waals surface area (Å²) in [7, 11) is 0. The molecule has 4 rings (SSSR count). The first-order chi connectivity index (χ1) is 19.1. The lowest BCUT2D eigenvalue weighted by atomic mass is 9.96. The molecule has 0 spiro atoms. The van der Waals surface area contributed by atoms with Gasteiger partial charge in [-0.25, -0.2) is 9.48 Å². The van der Waals surface area contributed by atoms with Gasteiger partial charge in [-0.1, -0.05) is 6.92 Å². The molecule has 4 atom stereocenters. The number of likely N-dealkylation sites (tertiary alicyclic amines) is 1. The molecule has 3 aliphatic heterocycles. The summed E-state index contributed by atoms with van der Waals surface area (Å²) in [6, 6.07) is -0.421. The Morgan fingerprint density at radius 2 is 1.76 bits per heavy atom. The molecule has 0 radical (unpaired) electrons. The molecule has 0 bridgehead atoms. The molecule has 13 nitrogen and oxygen atoms in total. The van der Waals surface area contributed by atoms with Crippen LogP contribution in [0.25, 0.3) is 0 Å². The van der Waals surface area contributed by atoms with E-state index >= 15 is 0 Å². The maximum Gasteiger partial charge on any atom is 0.410 e. The van der Waals surface area contributed by atoms with Gasteiger partial charge in [0, 0.05) is 25.3 Å². The lowest BCUT2D eigenvalue weighted by Gasteiger charge is -2.32. The van der Waals surface area contributed by atoms with Gasteiger partial charge in [-0.2, -0.15) is 18.3 Å². The van der Waals surface area contributed by atoms with E-state index in [4.69, 9.17) is 25.2 Å². The van der Waals surface area contributed by atoms with E-state index in [0.717, 1.165) is 30.4 Å². The highest BCUT2D eigenvalue weighted by molar-refractivity contribution is 5.88. The molecular weight excluding hydrogens is 557 g/mol. The summed E-state index contributed by atoms with van der Waals surface area (Å²) in [5.74, 6) is -4.62. The van der Waals surface area contributed by atoms with Crippen molar-refractivity contribution in [3.8, 4) is 0 Å². The van der Waals surface area contributed by atoms with Crippen molar-refractivity contribution >= 4 is 29.6 Å². The molecule has 2 saturated heterocycles. The van der Waals surface area contributed by atoms with Crippen molar-refractivity contribution in [2.75, 3.05) is 18.5 Å². The fraction of sp³-hybridized carbons (Fsp3) is 0.720. The first-order valence-electron chi connectivity index (χ1n) is 13.4. The second-order valence-electron chi connectivity index (χ2n) is 10.5. The minimum Gasteiger partial charge on any atom is -0.481 e. The van der Waals surface area contributed by atoms with Crippen LogP contribution in [0.2, 0.25) is 0 Å². The third-order valence-electron chi connectivity index (χ3n) is 7.41. The van der Waals surface area contributed by atoms with Crippen LogP contribution in [0, 0.1) is 0 Å². The highest BCUT2D eigenvalue weighted by atomic mass is 19.4. The van der Waals surface area contributed by atoms with Crippen molar-refractivity contribution in [1.82, 2.24) is 14.7 Å². The Balaban J connectivity index is 0.000000302. The zero-order valence-electron chi connectivity index (χ0n) is 22.5. The SMILES string of the molecule is CC[C@@H]1C[C@H](C(F)(F)F)n2nc(C3CCCN3C(=O)CC3CCCO3)cc2N1.O=C(O)CC(O)(CC(=O)O)C(=O)O. The third kappa shape index (κ3) is 8.09. The van der Waals surface area contributed by atoms with Gasteiger partial charge in [-0.3, -0.25) is 14.4 Å². The number of amides is 1. The Bertz CT molecular complexity index is 1100. The molecule has 5 N–H and O–H groups in total. The molecule has 2 unspecified atom stereocenters.